The minimum Gasteiger partial charge on any atom is -0.489 e. The summed E-state index contributed by atoms with van der Waals surface area (Å²) < 4.78 is 6.72. The van der Waals surface area contributed by atoms with Crippen LogP contribution in [0.4, 0.5) is 0 Å². The van der Waals surface area contributed by atoms with E-state index in [4.69, 9.17) is 10.00 Å². The third-order valence-electron chi connectivity index (χ3n) is 3.05. The van der Waals surface area contributed by atoms with Crippen molar-refractivity contribution in [2.45, 2.75) is 18.9 Å². The number of nitrogens with zero attached hydrogens (tertiary/aromatic N) is 2. The Morgan fingerprint density at radius 1 is 1.41 bits per heavy atom. The number of ether oxygens (including phenoxy) is 1. The van der Waals surface area contributed by atoms with Crippen LogP contribution in [-0.4, -0.2) is 31.1 Å². The van der Waals surface area contributed by atoms with E-state index in [1.807, 2.05) is 18.2 Å². The fourth-order valence-corrected chi connectivity index (χ4v) is 2.43. The summed E-state index contributed by atoms with van der Waals surface area (Å²) >= 11 is 3.37. The molecule has 1 heterocycles. The fraction of sp³-hybridized carbons (Fsp3) is 0.462. The van der Waals surface area contributed by atoms with Crippen molar-refractivity contribution in [2.24, 2.45) is 0 Å². The molecule has 0 aromatic heterocycles. The molecule has 1 aliphatic rings. The highest BCUT2D eigenvalue weighted by molar-refractivity contribution is 9.10. The lowest BCUT2D eigenvalue weighted by atomic mass is 10.1. The van der Waals surface area contributed by atoms with Gasteiger partial charge in [-0.25, -0.2) is 0 Å². The van der Waals surface area contributed by atoms with Crippen molar-refractivity contribution in [3.8, 4) is 11.8 Å². The van der Waals surface area contributed by atoms with Crippen molar-refractivity contribution in [3.63, 3.8) is 0 Å². The summed E-state index contributed by atoms with van der Waals surface area (Å²) in [6.45, 7) is 2.11. The minimum absolute atomic E-state index is 0.229. The van der Waals surface area contributed by atoms with Gasteiger partial charge in [0.15, 0.2) is 0 Å². The summed E-state index contributed by atoms with van der Waals surface area (Å²) in [5.74, 6) is 0.691. The first-order chi connectivity index (χ1) is 8.20. The van der Waals surface area contributed by atoms with Crippen LogP contribution < -0.4 is 4.74 Å². The van der Waals surface area contributed by atoms with Gasteiger partial charge in [0.05, 0.1) is 0 Å². The standard InChI is InChI=1S/C13H15BrN2O/c1-16-7-5-10(6-8-16)17-13-4-2-3-12(14)11(13)9-15/h2-4,10H,5-8H2,1H3. The maximum atomic E-state index is 9.10. The molecular weight excluding hydrogens is 280 g/mol. The van der Waals surface area contributed by atoms with Crippen LogP contribution in [0.3, 0.4) is 0 Å². The molecule has 17 heavy (non-hydrogen) atoms. The summed E-state index contributed by atoms with van der Waals surface area (Å²) in [7, 11) is 2.12. The first kappa shape index (κ1) is 12.4. The quantitative estimate of drug-likeness (QED) is 0.841. The van der Waals surface area contributed by atoms with E-state index in [1.54, 1.807) is 0 Å². The molecule has 90 valence electrons. The van der Waals surface area contributed by atoms with Crippen LogP contribution in [0.25, 0.3) is 0 Å². The fourth-order valence-electron chi connectivity index (χ4n) is 1.99. The van der Waals surface area contributed by atoms with Crippen LogP contribution in [0, 0.1) is 11.3 Å². The monoisotopic (exact) mass is 294 g/mol. The number of nitriles is 1. The molecule has 0 N–H and O–H groups in total. The molecule has 1 aromatic rings. The van der Waals surface area contributed by atoms with Gasteiger partial charge in [-0.1, -0.05) is 6.07 Å². The van der Waals surface area contributed by atoms with Crippen molar-refractivity contribution in [1.82, 2.24) is 4.90 Å². The number of likely N-dealkylation sites (tertiary alicyclic amines) is 1. The topological polar surface area (TPSA) is 36.3 Å². The summed E-state index contributed by atoms with van der Waals surface area (Å²) in [5, 5.41) is 9.10. The molecule has 0 amide bonds. The molecule has 1 saturated heterocycles. The van der Waals surface area contributed by atoms with E-state index in [2.05, 4.69) is 33.9 Å². The molecule has 4 heteroatoms. The van der Waals surface area contributed by atoms with E-state index < -0.39 is 0 Å². The number of hydrogen-bond acceptors (Lipinski definition) is 3. The average molecular weight is 295 g/mol. The lowest BCUT2D eigenvalue weighted by molar-refractivity contribution is 0.114. The Morgan fingerprint density at radius 3 is 2.76 bits per heavy atom. The van der Waals surface area contributed by atoms with Gasteiger partial charge < -0.3 is 9.64 Å². The molecule has 0 bridgehead atoms. The van der Waals surface area contributed by atoms with Crippen molar-refractivity contribution in [1.29, 1.82) is 5.26 Å². The lowest BCUT2D eigenvalue weighted by Gasteiger charge is -2.29. The van der Waals surface area contributed by atoms with E-state index in [1.165, 1.54) is 0 Å². The van der Waals surface area contributed by atoms with E-state index in [0.29, 0.717) is 11.3 Å². The summed E-state index contributed by atoms with van der Waals surface area (Å²) in [6.07, 6.45) is 2.27. The molecule has 0 spiro atoms. The van der Waals surface area contributed by atoms with Gasteiger partial charge in [-0.2, -0.15) is 5.26 Å². The van der Waals surface area contributed by atoms with E-state index in [9.17, 15) is 0 Å². The van der Waals surface area contributed by atoms with E-state index in [-0.39, 0.29) is 6.10 Å². The van der Waals surface area contributed by atoms with Crippen LogP contribution >= 0.6 is 15.9 Å². The van der Waals surface area contributed by atoms with Gasteiger partial charge in [0.2, 0.25) is 0 Å². The normalized spacial score (nSPS) is 17.7. The maximum absolute atomic E-state index is 9.10. The van der Waals surface area contributed by atoms with Gasteiger partial charge in [-0.15, -0.1) is 0 Å². The second kappa shape index (κ2) is 5.52. The van der Waals surface area contributed by atoms with Gasteiger partial charge in [-0.3, -0.25) is 0 Å². The number of halogens is 1. The predicted molar refractivity (Wildman–Crippen MR) is 70.0 cm³/mol. The first-order valence-electron chi connectivity index (χ1n) is 5.74. The third-order valence-corrected chi connectivity index (χ3v) is 3.71. The van der Waals surface area contributed by atoms with Crippen LogP contribution in [0.15, 0.2) is 22.7 Å². The van der Waals surface area contributed by atoms with Crippen molar-refractivity contribution in [2.75, 3.05) is 20.1 Å². The van der Waals surface area contributed by atoms with Gasteiger partial charge in [-0.05, 0) is 48.0 Å². The Bertz CT molecular complexity index is 434. The SMILES string of the molecule is CN1CCC(Oc2cccc(Br)c2C#N)CC1. The smallest absolute Gasteiger partial charge is 0.138 e. The van der Waals surface area contributed by atoms with Crippen LogP contribution in [0.5, 0.6) is 5.75 Å². The van der Waals surface area contributed by atoms with Crippen LogP contribution in [0.1, 0.15) is 18.4 Å². The molecule has 2 rings (SSSR count). The molecular formula is C13H15BrN2O. The Kier molecular flexibility index (Phi) is 4.03. The molecule has 0 unspecified atom stereocenters. The molecule has 0 saturated carbocycles. The summed E-state index contributed by atoms with van der Waals surface area (Å²) in [5.41, 5.74) is 0.589. The second-order valence-electron chi connectivity index (χ2n) is 4.35. The molecule has 1 fully saturated rings. The molecule has 0 atom stereocenters. The Balaban J connectivity index is 2.09. The average Bonchev–Trinajstić information content (AvgIpc) is 2.32. The molecule has 3 nitrogen and oxygen atoms in total. The van der Waals surface area contributed by atoms with Gasteiger partial charge in [0, 0.05) is 17.6 Å². The number of piperidine rings is 1. The van der Waals surface area contributed by atoms with E-state index >= 15 is 0 Å². The second-order valence-corrected chi connectivity index (χ2v) is 5.20. The highest BCUT2D eigenvalue weighted by Crippen LogP contribution is 2.28. The summed E-state index contributed by atoms with van der Waals surface area (Å²) in [4.78, 5) is 2.30. The van der Waals surface area contributed by atoms with Gasteiger partial charge in [0.25, 0.3) is 0 Å². The highest BCUT2D eigenvalue weighted by atomic mass is 79.9. The van der Waals surface area contributed by atoms with Crippen LogP contribution in [-0.2, 0) is 0 Å². The summed E-state index contributed by atoms with van der Waals surface area (Å²) in [6, 6.07) is 7.80. The van der Waals surface area contributed by atoms with Gasteiger partial charge >= 0.3 is 0 Å². The Morgan fingerprint density at radius 2 is 2.12 bits per heavy atom. The molecule has 0 aliphatic carbocycles. The third kappa shape index (κ3) is 2.99. The lowest BCUT2D eigenvalue weighted by Crippen LogP contribution is -2.35. The minimum atomic E-state index is 0.229. The zero-order valence-electron chi connectivity index (χ0n) is 9.82. The van der Waals surface area contributed by atoms with Crippen molar-refractivity contribution < 1.29 is 4.74 Å². The zero-order valence-corrected chi connectivity index (χ0v) is 11.4. The molecule has 1 aliphatic heterocycles. The maximum Gasteiger partial charge on any atom is 0.138 e. The molecule has 0 radical (unpaired) electrons. The van der Waals surface area contributed by atoms with E-state index in [0.717, 1.165) is 30.4 Å². The first-order valence-corrected chi connectivity index (χ1v) is 6.54. The van der Waals surface area contributed by atoms with Crippen LogP contribution in [0.2, 0.25) is 0 Å². The number of benzene rings is 1. The number of hydrogen-bond donors (Lipinski definition) is 0. The Hall–Kier alpha value is -1.05. The van der Waals surface area contributed by atoms with Crippen molar-refractivity contribution >= 4 is 15.9 Å². The molecule has 1 aromatic carbocycles. The van der Waals surface area contributed by atoms with Gasteiger partial charge in [0.1, 0.15) is 23.5 Å². The largest absolute Gasteiger partial charge is 0.489 e. The zero-order chi connectivity index (χ0) is 12.3. The predicted octanol–water partition coefficient (Wildman–Crippen LogP) is 2.79. The van der Waals surface area contributed by atoms with Crippen molar-refractivity contribution in [3.05, 3.63) is 28.2 Å². The Labute approximate surface area is 110 Å². The number of rotatable bonds is 2. The highest BCUT2D eigenvalue weighted by Gasteiger charge is 2.19.